The van der Waals surface area contributed by atoms with Crippen molar-refractivity contribution in [1.82, 2.24) is 0 Å². The van der Waals surface area contributed by atoms with E-state index >= 15 is 0 Å². The second kappa shape index (κ2) is 8.59. The molecule has 1 aromatic heterocycles. The number of amides is 1. The van der Waals surface area contributed by atoms with E-state index in [0.29, 0.717) is 28.2 Å². The monoisotopic (exact) mass is 399 g/mol. The number of benzene rings is 2. The van der Waals surface area contributed by atoms with Crippen LogP contribution in [0.15, 0.2) is 53.9 Å². The maximum Gasteiger partial charge on any atom is 0.265 e. The van der Waals surface area contributed by atoms with E-state index in [1.165, 1.54) is 16.9 Å². The van der Waals surface area contributed by atoms with Crippen LogP contribution in [0.5, 0.6) is 5.75 Å². The fraction of sp³-hybridized carbons (Fsp3) is 0.227. The van der Waals surface area contributed by atoms with Crippen molar-refractivity contribution in [2.45, 2.75) is 33.3 Å². The number of thiophene rings is 1. The molecule has 1 amide bonds. The van der Waals surface area contributed by atoms with Crippen molar-refractivity contribution in [2.24, 2.45) is 0 Å². The van der Waals surface area contributed by atoms with Crippen LogP contribution in [0.1, 0.15) is 46.1 Å². The van der Waals surface area contributed by atoms with Gasteiger partial charge in [-0.2, -0.15) is 0 Å². The lowest BCUT2D eigenvalue weighted by molar-refractivity contribution is 0.103. The van der Waals surface area contributed by atoms with Crippen molar-refractivity contribution in [3.05, 3.63) is 80.5 Å². The summed E-state index contributed by atoms with van der Waals surface area (Å²) in [7, 11) is 0. The predicted molar refractivity (Wildman–Crippen MR) is 113 cm³/mol. The van der Waals surface area contributed by atoms with Crippen LogP contribution in [0.2, 0.25) is 5.02 Å². The van der Waals surface area contributed by atoms with E-state index in [9.17, 15) is 4.79 Å². The van der Waals surface area contributed by atoms with Crippen LogP contribution in [-0.2, 0) is 6.61 Å². The zero-order chi connectivity index (χ0) is 19.4. The molecule has 0 bridgehead atoms. The molecule has 0 saturated heterocycles. The molecule has 3 rings (SSSR count). The predicted octanol–water partition coefficient (Wildman–Crippen LogP) is 6.66. The molecule has 2 aromatic carbocycles. The first-order valence-electron chi connectivity index (χ1n) is 8.80. The number of nitrogens with one attached hydrogen (secondary N) is 1. The highest BCUT2D eigenvalue weighted by molar-refractivity contribution is 7.12. The van der Waals surface area contributed by atoms with Gasteiger partial charge in [-0.15, -0.1) is 11.3 Å². The molecule has 0 unspecified atom stereocenters. The van der Waals surface area contributed by atoms with Gasteiger partial charge >= 0.3 is 0 Å². The van der Waals surface area contributed by atoms with E-state index in [4.69, 9.17) is 16.3 Å². The molecule has 0 atom stereocenters. The van der Waals surface area contributed by atoms with Crippen LogP contribution in [-0.4, -0.2) is 5.91 Å². The third kappa shape index (κ3) is 5.12. The third-order valence-electron chi connectivity index (χ3n) is 4.19. The highest BCUT2D eigenvalue weighted by Gasteiger charge is 2.11. The van der Waals surface area contributed by atoms with Crippen LogP contribution in [0, 0.1) is 6.92 Å². The average Bonchev–Trinajstić information content (AvgIpc) is 3.12. The molecule has 0 fully saturated rings. The summed E-state index contributed by atoms with van der Waals surface area (Å²) in [5, 5.41) is 5.45. The summed E-state index contributed by atoms with van der Waals surface area (Å²) in [5.74, 6) is 1.01. The van der Waals surface area contributed by atoms with Gasteiger partial charge in [0.1, 0.15) is 12.4 Å². The molecule has 0 aliphatic rings. The quantitative estimate of drug-likeness (QED) is 0.503. The first-order valence-corrected chi connectivity index (χ1v) is 10.1. The molecule has 0 spiro atoms. The molecule has 5 heteroatoms. The molecule has 0 radical (unpaired) electrons. The van der Waals surface area contributed by atoms with E-state index in [2.05, 4.69) is 19.2 Å². The standard InChI is InChI=1S/C22H22ClNO2S/c1-14(2)17-5-7-18(8-6-17)24-22(25)21-11-16(13-27-21)12-26-20-10-15(3)4-9-19(20)23/h4-11,13-14H,12H2,1-3H3,(H,24,25). The SMILES string of the molecule is Cc1ccc(Cl)c(OCc2csc(C(=O)Nc3ccc(C(C)C)cc3)c2)c1. The van der Waals surface area contributed by atoms with Gasteiger partial charge in [-0.05, 0) is 59.7 Å². The van der Waals surface area contributed by atoms with Gasteiger partial charge in [-0.25, -0.2) is 0 Å². The summed E-state index contributed by atoms with van der Waals surface area (Å²) in [4.78, 5) is 13.1. The van der Waals surface area contributed by atoms with E-state index in [-0.39, 0.29) is 5.91 Å². The maximum atomic E-state index is 12.5. The zero-order valence-electron chi connectivity index (χ0n) is 15.6. The molecular weight excluding hydrogens is 378 g/mol. The van der Waals surface area contributed by atoms with Crippen molar-refractivity contribution in [1.29, 1.82) is 0 Å². The fourth-order valence-corrected chi connectivity index (χ4v) is 3.56. The van der Waals surface area contributed by atoms with E-state index in [1.807, 2.05) is 60.8 Å². The number of hydrogen-bond acceptors (Lipinski definition) is 3. The van der Waals surface area contributed by atoms with E-state index < -0.39 is 0 Å². The summed E-state index contributed by atoms with van der Waals surface area (Å²) < 4.78 is 5.79. The molecule has 27 heavy (non-hydrogen) atoms. The number of carbonyl (C=O) groups excluding carboxylic acids is 1. The van der Waals surface area contributed by atoms with Crippen molar-refractivity contribution in [3.8, 4) is 5.75 Å². The van der Waals surface area contributed by atoms with Crippen molar-refractivity contribution < 1.29 is 9.53 Å². The Hall–Kier alpha value is -2.30. The summed E-state index contributed by atoms with van der Waals surface area (Å²) in [6, 6.07) is 15.5. The van der Waals surface area contributed by atoms with Gasteiger partial charge in [0.2, 0.25) is 0 Å². The van der Waals surface area contributed by atoms with Gasteiger partial charge in [-0.1, -0.05) is 43.6 Å². The second-order valence-corrected chi connectivity index (χ2v) is 8.09. The van der Waals surface area contributed by atoms with E-state index in [0.717, 1.165) is 16.8 Å². The Morgan fingerprint density at radius 2 is 1.89 bits per heavy atom. The first kappa shape index (κ1) is 19.5. The highest BCUT2D eigenvalue weighted by atomic mass is 35.5. The van der Waals surface area contributed by atoms with Crippen LogP contribution in [0.25, 0.3) is 0 Å². The Morgan fingerprint density at radius 3 is 2.59 bits per heavy atom. The number of ether oxygens (including phenoxy) is 1. The van der Waals surface area contributed by atoms with Crippen molar-refractivity contribution >= 4 is 34.5 Å². The first-order chi connectivity index (χ1) is 12.9. The lowest BCUT2D eigenvalue weighted by Gasteiger charge is -2.08. The Labute approximate surface area is 169 Å². The van der Waals surface area contributed by atoms with Gasteiger partial charge in [-0.3, -0.25) is 4.79 Å². The molecule has 1 N–H and O–H groups in total. The largest absolute Gasteiger partial charge is 0.487 e. The van der Waals surface area contributed by atoms with Crippen LogP contribution in [0.3, 0.4) is 0 Å². The Bertz CT molecular complexity index is 932. The summed E-state index contributed by atoms with van der Waals surface area (Å²) in [6.45, 7) is 6.65. The van der Waals surface area contributed by atoms with E-state index in [1.54, 1.807) is 0 Å². The van der Waals surface area contributed by atoms with Crippen LogP contribution >= 0.6 is 22.9 Å². The van der Waals surface area contributed by atoms with Crippen LogP contribution < -0.4 is 10.1 Å². The number of carbonyl (C=O) groups is 1. The lowest BCUT2D eigenvalue weighted by atomic mass is 10.0. The zero-order valence-corrected chi connectivity index (χ0v) is 17.2. The Morgan fingerprint density at radius 1 is 1.15 bits per heavy atom. The molecule has 0 saturated carbocycles. The molecule has 140 valence electrons. The van der Waals surface area contributed by atoms with Crippen molar-refractivity contribution in [3.63, 3.8) is 0 Å². The Balaban J connectivity index is 1.61. The summed E-state index contributed by atoms with van der Waals surface area (Å²) in [6.07, 6.45) is 0. The smallest absolute Gasteiger partial charge is 0.265 e. The molecule has 1 heterocycles. The molecule has 0 aliphatic heterocycles. The third-order valence-corrected chi connectivity index (χ3v) is 5.48. The Kier molecular flexibility index (Phi) is 6.19. The topological polar surface area (TPSA) is 38.3 Å². The minimum atomic E-state index is -0.114. The minimum absolute atomic E-state index is 0.114. The van der Waals surface area contributed by atoms with Gasteiger partial charge in [0, 0.05) is 11.3 Å². The normalized spacial score (nSPS) is 10.9. The van der Waals surface area contributed by atoms with Crippen molar-refractivity contribution in [2.75, 3.05) is 5.32 Å². The number of anilines is 1. The summed E-state index contributed by atoms with van der Waals surface area (Å²) in [5.41, 5.74) is 4.07. The van der Waals surface area contributed by atoms with Gasteiger partial charge in [0.15, 0.2) is 0 Å². The van der Waals surface area contributed by atoms with Gasteiger partial charge in [0.05, 0.1) is 9.90 Å². The second-order valence-electron chi connectivity index (χ2n) is 6.77. The number of hydrogen-bond donors (Lipinski definition) is 1. The molecule has 3 aromatic rings. The van der Waals surface area contributed by atoms with Gasteiger partial charge < -0.3 is 10.1 Å². The fourth-order valence-electron chi connectivity index (χ4n) is 2.60. The number of rotatable bonds is 6. The molecular formula is C22H22ClNO2S. The number of aryl methyl sites for hydroxylation is 1. The summed E-state index contributed by atoms with van der Waals surface area (Å²) >= 11 is 7.55. The molecule has 0 aliphatic carbocycles. The molecule has 3 nitrogen and oxygen atoms in total. The average molecular weight is 400 g/mol. The van der Waals surface area contributed by atoms with Gasteiger partial charge in [0.25, 0.3) is 5.91 Å². The maximum absolute atomic E-state index is 12.5. The number of halogens is 1. The minimum Gasteiger partial charge on any atom is -0.487 e. The lowest BCUT2D eigenvalue weighted by Crippen LogP contribution is -2.10. The van der Waals surface area contributed by atoms with Crippen LogP contribution in [0.4, 0.5) is 5.69 Å². The highest BCUT2D eigenvalue weighted by Crippen LogP contribution is 2.27.